The lowest BCUT2D eigenvalue weighted by molar-refractivity contribution is 0.100. The van der Waals surface area contributed by atoms with Gasteiger partial charge < -0.3 is 11.5 Å². The first-order valence-corrected chi connectivity index (χ1v) is 6.66. The summed E-state index contributed by atoms with van der Waals surface area (Å²) in [6.07, 6.45) is 1.71. The molecule has 4 N–H and O–H groups in total. The summed E-state index contributed by atoms with van der Waals surface area (Å²) in [5, 5.41) is 0.817. The number of nitrogens with zero attached hydrogens (tertiary/aromatic N) is 1. The fourth-order valence-electron chi connectivity index (χ4n) is 1.37. The molecule has 0 aliphatic rings. The molecule has 2 rings (SSSR count). The molecule has 0 unspecified atom stereocenters. The second kappa shape index (κ2) is 5.41. The zero-order valence-electron chi connectivity index (χ0n) is 9.26. The molecule has 0 fully saturated rings. The molecule has 1 heterocycles. The van der Waals surface area contributed by atoms with Gasteiger partial charge in [-0.25, -0.2) is 4.98 Å². The molecular formula is C12H10BrN3OS. The van der Waals surface area contributed by atoms with E-state index in [4.69, 9.17) is 11.5 Å². The van der Waals surface area contributed by atoms with E-state index in [0.29, 0.717) is 11.3 Å². The molecule has 6 heteroatoms. The van der Waals surface area contributed by atoms with Crippen molar-refractivity contribution in [1.29, 1.82) is 0 Å². The molecule has 92 valence electrons. The highest BCUT2D eigenvalue weighted by atomic mass is 79.9. The van der Waals surface area contributed by atoms with Crippen LogP contribution in [0.3, 0.4) is 0 Å². The number of aromatic nitrogens is 1. The van der Waals surface area contributed by atoms with Crippen LogP contribution < -0.4 is 11.5 Å². The van der Waals surface area contributed by atoms with E-state index in [2.05, 4.69) is 20.9 Å². The SMILES string of the molecule is NC(=O)c1cc(Sc2ncccc2Br)ccc1N. The Morgan fingerprint density at radius 1 is 1.33 bits per heavy atom. The third-order valence-electron chi connectivity index (χ3n) is 2.23. The van der Waals surface area contributed by atoms with Crippen molar-refractivity contribution in [2.45, 2.75) is 9.92 Å². The summed E-state index contributed by atoms with van der Waals surface area (Å²) in [5.41, 5.74) is 11.6. The van der Waals surface area contributed by atoms with Crippen molar-refractivity contribution < 1.29 is 4.79 Å². The summed E-state index contributed by atoms with van der Waals surface area (Å²) in [6.45, 7) is 0. The summed E-state index contributed by atoms with van der Waals surface area (Å²) in [4.78, 5) is 16.3. The lowest BCUT2D eigenvalue weighted by atomic mass is 10.2. The summed E-state index contributed by atoms with van der Waals surface area (Å²) < 4.78 is 0.896. The lowest BCUT2D eigenvalue weighted by Crippen LogP contribution is -2.13. The average molecular weight is 324 g/mol. The first-order valence-electron chi connectivity index (χ1n) is 5.05. The number of carbonyl (C=O) groups excluding carboxylic acids is 1. The Morgan fingerprint density at radius 3 is 2.78 bits per heavy atom. The molecule has 1 aromatic carbocycles. The fourth-order valence-corrected chi connectivity index (χ4v) is 2.68. The first-order chi connectivity index (χ1) is 8.58. The van der Waals surface area contributed by atoms with Crippen LogP contribution in [0.2, 0.25) is 0 Å². The van der Waals surface area contributed by atoms with E-state index in [1.54, 1.807) is 18.3 Å². The molecule has 0 spiro atoms. The van der Waals surface area contributed by atoms with Crippen molar-refractivity contribution in [2.75, 3.05) is 5.73 Å². The predicted molar refractivity (Wildman–Crippen MR) is 75.4 cm³/mol. The summed E-state index contributed by atoms with van der Waals surface area (Å²) in [6, 6.07) is 8.91. The highest BCUT2D eigenvalue weighted by Crippen LogP contribution is 2.32. The average Bonchev–Trinajstić information content (AvgIpc) is 2.34. The number of hydrogen-bond donors (Lipinski definition) is 2. The van der Waals surface area contributed by atoms with Gasteiger partial charge in [-0.05, 0) is 46.3 Å². The van der Waals surface area contributed by atoms with E-state index in [1.165, 1.54) is 11.8 Å². The Kier molecular flexibility index (Phi) is 3.88. The number of carbonyl (C=O) groups is 1. The minimum Gasteiger partial charge on any atom is -0.398 e. The first kappa shape index (κ1) is 12.9. The third kappa shape index (κ3) is 2.83. The van der Waals surface area contributed by atoms with Gasteiger partial charge in [-0.1, -0.05) is 11.8 Å². The Hall–Kier alpha value is -1.53. The molecule has 0 saturated carbocycles. The smallest absolute Gasteiger partial charge is 0.250 e. The van der Waals surface area contributed by atoms with E-state index < -0.39 is 5.91 Å². The van der Waals surface area contributed by atoms with Crippen LogP contribution in [0.1, 0.15) is 10.4 Å². The minimum atomic E-state index is -0.532. The van der Waals surface area contributed by atoms with E-state index >= 15 is 0 Å². The van der Waals surface area contributed by atoms with E-state index in [1.807, 2.05) is 18.2 Å². The monoisotopic (exact) mass is 323 g/mol. The van der Waals surface area contributed by atoms with Gasteiger partial charge in [0, 0.05) is 16.8 Å². The van der Waals surface area contributed by atoms with Gasteiger partial charge >= 0.3 is 0 Å². The van der Waals surface area contributed by atoms with Gasteiger partial charge in [-0.15, -0.1) is 0 Å². The maximum atomic E-state index is 11.2. The van der Waals surface area contributed by atoms with Gasteiger partial charge in [0.2, 0.25) is 0 Å². The van der Waals surface area contributed by atoms with Crippen LogP contribution in [-0.4, -0.2) is 10.9 Å². The van der Waals surface area contributed by atoms with E-state index in [0.717, 1.165) is 14.4 Å². The molecule has 0 radical (unpaired) electrons. The number of nitrogen functional groups attached to an aromatic ring is 1. The lowest BCUT2D eigenvalue weighted by Gasteiger charge is -2.06. The maximum absolute atomic E-state index is 11.2. The van der Waals surface area contributed by atoms with Crippen LogP contribution in [0.5, 0.6) is 0 Å². The second-order valence-electron chi connectivity index (χ2n) is 3.51. The zero-order chi connectivity index (χ0) is 13.1. The molecule has 18 heavy (non-hydrogen) atoms. The Bertz CT molecular complexity index is 604. The van der Waals surface area contributed by atoms with Crippen molar-refractivity contribution in [1.82, 2.24) is 4.98 Å². The van der Waals surface area contributed by atoms with Gasteiger partial charge in [0.05, 0.1) is 10.0 Å². The van der Waals surface area contributed by atoms with Crippen LogP contribution in [0.25, 0.3) is 0 Å². The summed E-state index contributed by atoms with van der Waals surface area (Å²) >= 11 is 4.85. The highest BCUT2D eigenvalue weighted by molar-refractivity contribution is 9.10. The standard InChI is InChI=1S/C12H10BrN3OS/c13-9-2-1-5-16-12(9)18-7-3-4-10(14)8(6-7)11(15)17/h1-6H,14H2,(H2,15,17). The molecule has 0 bridgehead atoms. The fraction of sp³-hybridized carbons (Fsp3) is 0. The Labute approximate surface area is 117 Å². The molecule has 0 aliphatic carbocycles. The highest BCUT2D eigenvalue weighted by Gasteiger charge is 2.09. The number of anilines is 1. The van der Waals surface area contributed by atoms with Gasteiger partial charge in [-0.3, -0.25) is 4.79 Å². The Morgan fingerprint density at radius 2 is 2.11 bits per heavy atom. The largest absolute Gasteiger partial charge is 0.398 e. The number of pyridine rings is 1. The van der Waals surface area contributed by atoms with Gasteiger partial charge in [-0.2, -0.15) is 0 Å². The number of halogens is 1. The third-order valence-corrected chi connectivity index (χ3v) is 4.14. The van der Waals surface area contributed by atoms with Crippen LogP contribution in [0.15, 0.2) is 50.9 Å². The number of primary amides is 1. The zero-order valence-corrected chi connectivity index (χ0v) is 11.7. The number of rotatable bonds is 3. The van der Waals surface area contributed by atoms with E-state index in [-0.39, 0.29) is 0 Å². The van der Waals surface area contributed by atoms with Crippen LogP contribution >= 0.6 is 27.7 Å². The van der Waals surface area contributed by atoms with E-state index in [9.17, 15) is 4.79 Å². The normalized spacial score (nSPS) is 10.3. The van der Waals surface area contributed by atoms with Crippen molar-refractivity contribution in [3.05, 3.63) is 46.6 Å². The second-order valence-corrected chi connectivity index (χ2v) is 5.42. The molecule has 0 aliphatic heterocycles. The number of nitrogens with two attached hydrogens (primary N) is 2. The number of benzene rings is 1. The van der Waals surface area contributed by atoms with Crippen LogP contribution in [0.4, 0.5) is 5.69 Å². The van der Waals surface area contributed by atoms with Crippen molar-refractivity contribution in [3.8, 4) is 0 Å². The quantitative estimate of drug-likeness (QED) is 0.851. The number of amides is 1. The summed E-state index contributed by atoms with van der Waals surface area (Å²) in [5.74, 6) is -0.532. The Balaban J connectivity index is 2.33. The molecule has 0 atom stereocenters. The summed E-state index contributed by atoms with van der Waals surface area (Å²) in [7, 11) is 0. The molecule has 4 nitrogen and oxygen atoms in total. The van der Waals surface area contributed by atoms with Gasteiger partial charge in [0.25, 0.3) is 5.91 Å². The number of hydrogen-bond acceptors (Lipinski definition) is 4. The molecule has 1 amide bonds. The molecule has 2 aromatic rings. The van der Waals surface area contributed by atoms with Crippen LogP contribution in [-0.2, 0) is 0 Å². The predicted octanol–water partition coefficient (Wildman–Crippen LogP) is 2.68. The molecular weight excluding hydrogens is 314 g/mol. The van der Waals surface area contributed by atoms with Gasteiger partial charge in [0.1, 0.15) is 5.03 Å². The maximum Gasteiger partial charge on any atom is 0.250 e. The van der Waals surface area contributed by atoms with Crippen LogP contribution in [0, 0.1) is 0 Å². The van der Waals surface area contributed by atoms with Crippen molar-refractivity contribution in [3.63, 3.8) is 0 Å². The topological polar surface area (TPSA) is 82.0 Å². The van der Waals surface area contributed by atoms with Crippen molar-refractivity contribution >= 4 is 39.3 Å². The minimum absolute atomic E-state index is 0.326. The molecule has 1 aromatic heterocycles. The molecule has 0 saturated heterocycles. The van der Waals surface area contributed by atoms with Crippen molar-refractivity contribution in [2.24, 2.45) is 5.73 Å². The van der Waals surface area contributed by atoms with Gasteiger partial charge in [0.15, 0.2) is 0 Å².